The van der Waals surface area contributed by atoms with Crippen molar-refractivity contribution in [3.8, 4) is 0 Å². The fourth-order valence-electron chi connectivity index (χ4n) is 3.68. The van der Waals surface area contributed by atoms with Crippen LogP contribution in [-0.4, -0.2) is 53.4 Å². The minimum atomic E-state index is -0.445. The summed E-state index contributed by atoms with van der Waals surface area (Å²) in [4.78, 5) is 18.3. The van der Waals surface area contributed by atoms with Crippen LogP contribution in [0.1, 0.15) is 58.4 Å². The van der Waals surface area contributed by atoms with Gasteiger partial charge in [-0.3, -0.25) is 0 Å². The SMILES string of the molecule is CC(C)(C)OC(=O)N1CC[C@@H](OCCCC[C@@H]2CCc3cccnc3N2)C1. The Morgan fingerprint density at radius 2 is 2.19 bits per heavy atom. The number of aromatic nitrogens is 1. The van der Waals surface area contributed by atoms with Crippen LogP contribution in [0.3, 0.4) is 0 Å². The molecule has 1 saturated heterocycles. The molecule has 150 valence electrons. The van der Waals surface area contributed by atoms with Gasteiger partial charge in [-0.15, -0.1) is 0 Å². The van der Waals surface area contributed by atoms with Gasteiger partial charge >= 0.3 is 6.09 Å². The van der Waals surface area contributed by atoms with Gasteiger partial charge in [0.05, 0.1) is 12.6 Å². The van der Waals surface area contributed by atoms with E-state index >= 15 is 0 Å². The summed E-state index contributed by atoms with van der Waals surface area (Å²) in [5.41, 5.74) is 0.881. The number of carbonyl (C=O) groups is 1. The van der Waals surface area contributed by atoms with Crippen LogP contribution in [0.2, 0.25) is 0 Å². The third-order valence-electron chi connectivity index (χ3n) is 5.09. The lowest BCUT2D eigenvalue weighted by Crippen LogP contribution is -2.36. The first-order valence-corrected chi connectivity index (χ1v) is 10.2. The van der Waals surface area contributed by atoms with Gasteiger partial charge in [0.2, 0.25) is 0 Å². The van der Waals surface area contributed by atoms with E-state index in [1.807, 2.05) is 33.0 Å². The highest BCUT2D eigenvalue weighted by atomic mass is 16.6. The second-order valence-corrected chi connectivity index (χ2v) is 8.59. The lowest BCUT2D eigenvalue weighted by molar-refractivity contribution is 0.0206. The lowest BCUT2D eigenvalue weighted by atomic mass is 9.97. The number of rotatable bonds is 6. The van der Waals surface area contributed by atoms with Crippen molar-refractivity contribution in [3.05, 3.63) is 23.9 Å². The number of hydrogen-bond acceptors (Lipinski definition) is 5. The normalized spacial score (nSPS) is 22.3. The monoisotopic (exact) mass is 375 g/mol. The largest absolute Gasteiger partial charge is 0.444 e. The molecule has 1 fully saturated rings. The molecule has 1 amide bonds. The van der Waals surface area contributed by atoms with E-state index in [0.29, 0.717) is 12.6 Å². The molecule has 1 aromatic rings. The first-order chi connectivity index (χ1) is 12.9. The zero-order valence-electron chi connectivity index (χ0n) is 16.9. The van der Waals surface area contributed by atoms with Crippen molar-refractivity contribution < 1.29 is 14.3 Å². The fourth-order valence-corrected chi connectivity index (χ4v) is 3.68. The third-order valence-corrected chi connectivity index (χ3v) is 5.09. The predicted molar refractivity (Wildman–Crippen MR) is 106 cm³/mol. The molecule has 2 aliphatic rings. The number of nitrogens with one attached hydrogen (secondary N) is 1. The van der Waals surface area contributed by atoms with Crippen molar-refractivity contribution in [2.75, 3.05) is 25.0 Å². The van der Waals surface area contributed by atoms with Crippen molar-refractivity contribution in [3.63, 3.8) is 0 Å². The van der Waals surface area contributed by atoms with Gasteiger partial charge in [-0.1, -0.05) is 6.07 Å². The van der Waals surface area contributed by atoms with Crippen molar-refractivity contribution in [1.29, 1.82) is 0 Å². The summed E-state index contributed by atoms with van der Waals surface area (Å²) in [5, 5.41) is 3.56. The van der Waals surface area contributed by atoms with Gasteiger partial charge < -0.3 is 19.7 Å². The number of unbranched alkanes of at least 4 members (excludes halogenated alkanes) is 1. The molecule has 6 nitrogen and oxygen atoms in total. The zero-order valence-corrected chi connectivity index (χ0v) is 16.9. The smallest absolute Gasteiger partial charge is 0.410 e. The molecule has 1 aromatic heterocycles. The number of amides is 1. The van der Waals surface area contributed by atoms with E-state index in [0.717, 1.165) is 51.1 Å². The van der Waals surface area contributed by atoms with Gasteiger partial charge in [0.25, 0.3) is 0 Å². The average molecular weight is 376 g/mol. The van der Waals surface area contributed by atoms with Crippen molar-refractivity contribution >= 4 is 11.9 Å². The number of hydrogen-bond donors (Lipinski definition) is 1. The fraction of sp³-hybridized carbons (Fsp3) is 0.714. The molecule has 2 atom stereocenters. The Balaban J connectivity index is 1.28. The highest BCUT2D eigenvalue weighted by molar-refractivity contribution is 5.68. The van der Waals surface area contributed by atoms with E-state index in [4.69, 9.17) is 9.47 Å². The molecular weight excluding hydrogens is 342 g/mol. The Labute approximate surface area is 162 Å². The van der Waals surface area contributed by atoms with Crippen LogP contribution in [0.15, 0.2) is 18.3 Å². The molecule has 3 heterocycles. The van der Waals surface area contributed by atoms with Gasteiger partial charge in [0, 0.05) is 25.4 Å². The quantitative estimate of drug-likeness (QED) is 0.761. The summed E-state index contributed by atoms with van der Waals surface area (Å²) in [6.07, 6.45) is 8.28. The summed E-state index contributed by atoms with van der Waals surface area (Å²) in [6.45, 7) is 7.80. The molecule has 0 bridgehead atoms. The molecule has 27 heavy (non-hydrogen) atoms. The standard InChI is InChI=1S/C21H33N3O3/c1-21(2,3)27-20(25)24-13-11-18(15-24)26-14-5-4-8-17-10-9-16-7-6-12-22-19(16)23-17/h6-7,12,17-18H,4-5,8-11,13-15H2,1-3H3,(H,22,23)/t17-,18-/m1/s1. The van der Waals surface area contributed by atoms with Crippen molar-refractivity contribution in [2.45, 2.75) is 77.0 Å². The highest BCUT2D eigenvalue weighted by Crippen LogP contribution is 2.24. The highest BCUT2D eigenvalue weighted by Gasteiger charge is 2.30. The molecule has 1 N–H and O–H groups in total. The van der Waals surface area contributed by atoms with E-state index in [-0.39, 0.29) is 12.2 Å². The van der Waals surface area contributed by atoms with Gasteiger partial charge in [0.15, 0.2) is 0 Å². The Bertz CT molecular complexity index is 629. The van der Waals surface area contributed by atoms with Crippen molar-refractivity contribution in [2.24, 2.45) is 0 Å². The molecule has 6 heteroatoms. The molecule has 0 aliphatic carbocycles. The van der Waals surface area contributed by atoms with E-state index < -0.39 is 5.60 Å². The van der Waals surface area contributed by atoms with Crippen LogP contribution in [0, 0.1) is 0 Å². The maximum absolute atomic E-state index is 12.1. The first-order valence-electron chi connectivity index (χ1n) is 10.2. The molecule has 0 aromatic carbocycles. The van der Waals surface area contributed by atoms with Gasteiger partial charge in [-0.2, -0.15) is 0 Å². The molecular formula is C21H33N3O3. The number of pyridine rings is 1. The zero-order chi connectivity index (χ0) is 19.3. The third kappa shape index (κ3) is 6.09. The first kappa shape index (κ1) is 19.9. The Kier molecular flexibility index (Phi) is 6.58. The maximum Gasteiger partial charge on any atom is 0.410 e. The minimum absolute atomic E-state index is 0.140. The van der Waals surface area contributed by atoms with Crippen LogP contribution >= 0.6 is 0 Å². The number of aryl methyl sites for hydroxylation is 1. The topological polar surface area (TPSA) is 63.7 Å². The van der Waals surface area contributed by atoms with Gasteiger partial charge in [0.1, 0.15) is 11.4 Å². The number of ether oxygens (including phenoxy) is 2. The Morgan fingerprint density at radius 3 is 3.00 bits per heavy atom. The predicted octanol–water partition coefficient (Wildman–Crippen LogP) is 4.00. The number of fused-ring (bicyclic) bond motifs is 1. The van der Waals surface area contributed by atoms with Crippen LogP contribution in [0.5, 0.6) is 0 Å². The van der Waals surface area contributed by atoms with E-state index in [1.165, 1.54) is 12.0 Å². The molecule has 0 unspecified atom stereocenters. The second-order valence-electron chi connectivity index (χ2n) is 8.59. The maximum atomic E-state index is 12.1. The summed E-state index contributed by atoms with van der Waals surface area (Å²) in [5.74, 6) is 1.05. The number of anilines is 1. The average Bonchev–Trinajstić information content (AvgIpc) is 3.09. The van der Waals surface area contributed by atoms with Crippen LogP contribution in [0.25, 0.3) is 0 Å². The van der Waals surface area contributed by atoms with E-state index in [9.17, 15) is 4.79 Å². The summed E-state index contributed by atoms with van der Waals surface area (Å²) < 4.78 is 11.4. The number of carbonyl (C=O) groups excluding carboxylic acids is 1. The van der Waals surface area contributed by atoms with Crippen molar-refractivity contribution in [1.82, 2.24) is 9.88 Å². The summed E-state index contributed by atoms with van der Waals surface area (Å²) in [6, 6.07) is 4.67. The summed E-state index contributed by atoms with van der Waals surface area (Å²) >= 11 is 0. The second kappa shape index (κ2) is 8.91. The van der Waals surface area contributed by atoms with Crippen LogP contribution < -0.4 is 5.32 Å². The Morgan fingerprint density at radius 1 is 1.33 bits per heavy atom. The number of nitrogens with zero attached hydrogens (tertiary/aromatic N) is 2. The molecule has 2 aliphatic heterocycles. The van der Waals surface area contributed by atoms with E-state index in [2.05, 4.69) is 16.4 Å². The van der Waals surface area contributed by atoms with Gasteiger partial charge in [-0.05, 0) is 70.9 Å². The molecule has 0 radical (unpaired) electrons. The summed E-state index contributed by atoms with van der Waals surface area (Å²) in [7, 11) is 0. The van der Waals surface area contributed by atoms with Crippen LogP contribution in [0.4, 0.5) is 10.6 Å². The minimum Gasteiger partial charge on any atom is -0.444 e. The lowest BCUT2D eigenvalue weighted by Gasteiger charge is -2.26. The van der Waals surface area contributed by atoms with Gasteiger partial charge in [-0.25, -0.2) is 9.78 Å². The Hall–Kier alpha value is -1.82. The molecule has 0 spiro atoms. The molecule has 0 saturated carbocycles. The number of likely N-dealkylation sites (tertiary alicyclic amines) is 1. The molecule has 3 rings (SSSR count). The van der Waals surface area contributed by atoms with E-state index in [1.54, 1.807) is 4.90 Å². The van der Waals surface area contributed by atoms with Crippen LogP contribution in [-0.2, 0) is 15.9 Å².